The molecule has 24 heavy (non-hydrogen) atoms. The number of aliphatic hydroxyl groups excluding tert-OH is 1. The van der Waals surface area contributed by atoms with E-state index < -0.39 is 0 Å². The van der Waals surface area contributed by atoms with Crippen molar-refractivity contribution in [2.24, 2.45) is 23.7 Å². The number of esters is 1. The van der Waals surface area contributed by atoms with Gasteiger partial charge >= 0.3 is 5.97 Å². The van der Waals surface area contributed by atoms with Crippen LogP contribution in [0.3, 0.4) is 0 Å². The molecule has 0 aliphatic heterocycles. The fourth-order valence-corrected chi connectivity index (χ4v) is 5.00. The van der Waals surface area contributed by atoms with Gasteiger partial charge < -0.3 is 14.6 Å². The van der Waals surface area contributed by atoms with Crippen LogP contribution in [0, 0.1) is 23.7 Å². The van der Waals surface area contributed by atoms with Gasteiger partial charge in [-0.2, -0.15) is 0 Å². The second-order valence-electron chi connectivity index (χ2n) is 8.29. The van der Waals surface area contributed by atoms with Gasteiger partial charge in [-0.3, -0.25) is 4.79 Å². The minimum absolute atomic E-state index is 0.00192. The van der Waals surface area contributed by atoms with Gasteiger partial charge in [0, 0.05) is 5.92 Å². The Hall–Kier alpha value is -0.900. The van der Waals surface area contributed by atoms with Crippen molar-refractivity contribution in [1.82, 2.24) is 0 Å². The van der Waals surface area contributed by atoms with Crippen molar-refractivity contribution in [3.8, 4) is 0 Å². The highest BCUT2D eigenvalue weighted by Gasteiger charge is 2.34. The molecule has 4 heteroatoms. The summed E-state index contributed by atoms with van der Waals surface area (Å²) >= 11 is 0. The molecule has 0 aromatic rings. The van der Waals surface area contributed by atoms with E-state index in [0.717, 1.165) is 95.2 Å². The number of hydrogen-bond acceptors (Lipinski definition) is 4. The van der Waals surface area contributed by atoms with E-state index in [-0.39, 0.29) is 30.0 Å². The topological polar surface area (TPSA) is 63.6 Å². The number of ether oxygens (including phenoxy) is 1. The summed E-state index contributed by atoms with van der Waals surface area (Å²) in [7, 11) is 0. The van der Waals surface area contributed by atoms with Crippen LogP contribution in [0.25, 0.3) is 0 Å². The Bertz CT molecular complexity index is 411. The van der Waals surface area contributed by atoms with E-state index in [1.165, 1.54) is 0 Å². The van der Waals surface area contributed by atoms with Crippen LogP contribution in [0.15, 0.2) is 0 Å². The monoisotopic (exact) mass is 336 g/mol. The molecule has 3 aliphatic rings. The molecule has 0 spiro atoms. The van der Waals surface area contributed by atoms with Crippen molar-refractivity contribution < 1.29 is 19.4 Å². The van der Waals surface area contributed by atoms with Crippen molar-refractivity contribution in [3.05, 3.63) is 0 Å². The molecule has 3 saturated carbocycles. The Morgan fingerprint density at radius 1 is 0.792 bits per heavy atom. The number of carbonyl (C=O) groups excluding carboxylic acids is 2. The van der Waals surface area contributed by atoms with Crippen LogP contribution in [-0.4, -0.2) is 29.6 Å². The van der Waals surface area contributed by atoms with E-state index >= 15 is 0 Å². The maximum atomic E-state index is 12.4. The number of carbonyl (C=O) groups is 2. The van der Waals surface area contributed by atoms with Crippen LogP contribution in [0.5, 0.6) is 0 Å². The SMILES string of the molecule is O=CC1CCC(OC(=O)C2CCC(C3CCC(O)CC3)CC2)CC1. The molecule has 3 fully saturated rings. The molecule has 0 aromatic carbocycles. The zero-order chi connectivity index (χ0) is 16.9. The number of hydrogen-bond donors (Lipinski definition) is 1. The van der Waals surface area contributed by atoms with Crippen LogP contribution >= 0.6 is 0 Å². The van der Waals surface area contributed by atoms with Gasteiger partial charge in [-0.05, 0) is 88.9 Å². The summed E-state index contributed by atoms with van der Waals surface area (Å²) in [4.78, 5) is 23.2. The first kappa shape index (κ1) is 17.9. The molecule has 0 heterocycles. The van der Waals surface area contributed by atoms with Crippen LogP contribution in [0.1, 0.15) is 77.0 Å². The van der Waals surface area contributed by atoms with Gasteiger partial charge in [-0.25, -0.2) is 0 Å². The van der Waals surface area contributed by atoms with Crippen molar-refractivity contribution in [3.63, 3.8) is 0 Å². The number of aliphatic hydroxyl groups is 1. The van der Waals surface area contributed by atoms with Gasteiger partial charge in [0.05, 0.1) is 12.0 Å². The summed E-state index contributed by atoms with van der Waals surface area (Å²) in [6.07, 6.45) is 12.8. The minimum Gasteiger partial charge on any atom is -0.462 e. The molecule has 136 valence electrons. The molecular weight excluding hydrogens is 304 g/mol. The van der Waals surface area contributed by atoms with Crippen LogP contribution in [0.2, 0.25) is 0 Å². The molecular formula is C20H32O4. The smallest absolute Gasteiger partial charge is 0.309 e. The predicted molar refractivity (Wildman–Crippen MR) is 91.3 cm³/mol. The molecule has 0 radical (unpaired) electrons. The molecule has 0 unspecified atom stereocenters. The van der Waals surface area contributed by atoms with Gasteiger partial charge in [-0.15, -0.1) is 0 Å². The van der Waals surface area contributed by atoms with E-state index in [4.69, 9.17) is 4.74 Å². The summed E-state index contributed by atoms with van der Waals surface area (Å²) in [5.41, 5.74) is 0. The Kier molecular flexibility index (Phi) is 6.31. The zero-order valence-electron chi connectivity index (χ0n) is 14.7. The van der Waals surface area contributed by atoms with Gasteiger partial charge in [0.1, 0.15) is 12.4 Å². The fraction of sp³-hybridized carbons (Fsp3) is 0.900. The molecule has 3 rings (SSSR count). The Balaban J connectivity index is 1.38. The fourth-order valence-electron chi connectivity index (χ4n) is 5.00. The van der Waals surface area contributed by atoms with Crippen molar-refractivity contribution in [2.45, 2.75) is 89.3 Å². The summed E-state index contributed by atoms with van der Waals surface area (Å²) in [5, 5.41) is 9.65. The van der Waals surface area contributed by atoms with E-state index in [1.807, 2.05) is 0 Å². The zero-order valence-corrected chi connectivity index (χ0v) is 14.7. The molecule has 1 N–H and O–H groups in total. The average molecular weight is 336 g/mol. The van der Waals surface area contributed by atoms with Crippen molar-refractivity contribution in [1.29, 1.82) is 0 Å². The molecule has 0 amide bonds. The predicted octanol–water partition coefficient (Wildman–Crippen LogP) is 3.64. The molecule has 0 atom stereocenters. The second-order valence-corrected chi connectivity index (χ2v) is 8.29. The lowest BCUT2D eigenvalue weighted by Crippen LogP contribution is -2.32. The third-order valence-corrected chi connectivity index (χ3v) is 6.71. The minimum atomic E-state index is -0.0816. The first-order valence-corrected chi connectivity index (χ1v) is 9.99. The highest BCUT2D eigenvalue weighted by atomic mass is 16.5. The summed E-state index contributed by atoms with van der Waals surface area (Å²) < 4.78 is 5.73. The third-order valence-electron chi connectivity index (χ3n) is 6.71. The third kappa shape index (κ3) is 4.59. The highest BCUT2D eigenvalue weighted by Crippen LogP contribution is 2.40. The Morgan fingerprint density at radius 3 is 1.88 bits per heavy atom. The number of rotatable bonds is 4. The molecule has 0 saturated heterocycles. The van der Waals surface area contributed by atoms with Gasteiger partial charge in [0.15, 0.2) is 0 Å². The largest absolute Gasteiger partial charge is 0.462 e. The summed E-state index contributed by atoms with van der Waals surface area (Å²) in [6, 6.07) is 0. The van der Waals surface area contributed by atoms with Crippen LogP contribution in [-0.2, 0) is 14.3 Å². The maximum absolute atomic E-state index is 12.4. The Morgan fingerprint density at radius 2 is 1.33 bits per heavy atom. The highest BCUT2D eigenvalue weighted by molar-refractivity contribution is 5.72. The molecule has 3 aliphatic carbocycles. The van der Waals surface area contributed by atoms with E-state index in [9.17, 15) is 14.7 Å². The lowest BCUT2D eigenvalue weighted by molar-refractivity contribution is -0.157. The quantitative estimate of drug-likeness (QED) is 0.629. The normalized spacial score (nSPS) is 40.7. The van der Waals surface area contributed by atoms with Crippen LogP contribution in [0.4, 0.5) is 0 Å². The second kappa shape index (κ2) is 8.46. The van der Waals surface area contributed by atoms with Crippen molar-refractivity contribution in [2.75, 3.05) is 0 Å². The lowest BCUT2D eigenvalue weighted by atomic mass is 9.70. The van der Waals surface area contributed by atoms with E-state index in [0.29, 0.717) is 0 Å². The van der Waals surface area contributed by atoms with Gasteiger partial charge in [-0.1, -0.05) is 0 Å². The van der Waals surface area contributed by atoms with E-state index in [1.54, 1.807) is 0 Å². The van der Waals surface area contributed by atoms with Crippen molar-refractivity contribution >= 4 is 12.3 Å². The van der Waals surface area contributed by atoms with Gasteiger partial charge in [0.2, 0.25) is 0 Å². The molecule has 4 nitrogen and oxygen atoms in total. The maximum Gasteiger partial charge on any atom is 0.309 e. The first-order chi connectivity index (χ1) is 11.7. The molecule has 0 bridgehead atoms. The summed E-state index contributed by atoms with van der Waals surface area (Å²) in [6.45, 7) is 0. The Labute approximate surface area is 145 Å². The molecule has 0 aromatic heterocycles. The first-order valence-electron chi connectivity index (χ1n) is 9.99. The van der Waals surface area contributed by atoms with E-state index in [2.05, 4.69) is 0 Å². The summed E-state index contributed by atoms with van der Waals surface area (Å²) in [5.74, 6) is 1.75. The van der Waals surface area contributed by atoms with Crippen LogP contribution < -0.4 is 0 Å². The average Bonchev–Trinajstić information content (AvgIpc) is 2.63. The standard InChI is InChI=1S/C20H32O4/c21-13-14-1-11-19(12-2-14)24-20(23)17-5-3-15(4-6-17)16-7-9-18(22)10-8-16/h13-19,22H,1-12H2. The lowest BCUT2D eigenvalue weighted by Gasteiger charge is -2.36. The van der Waals surface area contributed by atoms with Gasteiger partial charge in [0.25, 0.3) is 0 Å². The number of aldehydes is 1.